The van der Waals surface area contributed by atoms with Crippen LogP contribution in [0.1, 0.15) is 18.4 Å². The van der Waals surface area contributed by atoms with Gasteiger partial charge in [0.15, 0.2) is 5.76 Å². The summed E-state index contributed by atoms with van der Waals surface area (Å²) in [7, 11) is 0. The molecule has 17 heavy (non-hydrogen) atoms. The zero-order valence-electron chi connectivity index (χ0n) is 9.19. The molecular formula is C12H12FN3O. The fourth-order valence-corrected chi connectivity index (χ4v) is 1.65. The van der Waals surface area contributed by atoms with E-state index in [4.69, 9.17) is 4.52 Å². The second-order valence-electron chi connectivity index (χ2n) is 4.20. The minimum Gasteiger partial charge on any atom is -0.354 e. The van der Waals surface area contributed by atoms with Gasteiger partial charge in [0.2, 0.25) is 0 Å². The predicted molar refractivity (Wildman–Crippen MR) is 59.6 cm³/mol. The Morgan fingerprint density at radius 2 is 2.24 bits per heavy atom. The Morgan fingerprint density at radius 3 is 2.94 bits per heavy atom. The smallest absolute Gasteiger partial charge is 0.189 e. The average Bonchev–Trinajstić information content (AvgIpc) is 3.06. The molecule has 4 nitrogen and oxygen atoms in total. The summed E-state index contributed by atoms with van der Waals surface area (Å²) >= 11 is 0. The third-order valence-corrected chi connectivity index (χ3v) is 2.76. The van der Waals surface area contributed by atoms with Crippen molar-refractivity contribution in [3.8, 4) is 11.5 Å². The Balaban J connectivity index is 1.81. The number of nitrogens with one attached hydrogen (secondary N) is 1. The Morgan fingerprint density at radius 1 is 1.35 bits per heavy atom. The number of aromatic nitrogens is 2. The van der Waals surface area contributed by atoms with E-state index in [2.05, 4.69) is 15.5 Å². The molecule has 0 radical (unpaired) electrons. The SMILES string of the molecule is Fc1ccc(-c2oncc2CNC2CC2)nc1. The molecule has 88 valence electrons. The van der Waals surface area contributed by atoms with E-state index in [0.29, 0.717) is 24.0 Å². The van der Waals surface area contributed by atoms with E-state index < -0.39 is 0 Å². The highest BCUT2D eigenvalue weighted by atomic mass is 19.1. The Kier molecular flexibility index (Phi) is 2.60. The van der Waals surface area contributed by atoms with E-state index >= 15 is 0 Å². The van der Waals surface area contributed by atoms with E-state index in [1.54, 1.807) is 12.3 Å². The van der Waals surface area contributed by atoms with Crippen molar-refractivity contribution in [3.63, 3.8) is 0 Å². The Bertz CT molecular complexity index is 505. The fourth-order valence-electron chi connectivity index (χ4n) is 1.65. The highest BCUT2D eigenvalue weighted by Crippen LogP contribution is 2.24. The van der Waals surface area contributed by atoms with Crippen LogP contribution >= 0.6 is 0 Å². The number of hydrogen-bond acceptors (Lipinski definition) is 4. The molecule has 0 atom stereocenters. The second-order valence-corrected chi connectivity index (χ2v) is 4.20. The molecule has 2 aromatic rings. The molecule has 1 aliphatic carbocycles. The first-order valence-corrected chi connectivity index (χ1v) is 5.62. The zero-order valence-corrected chi connectivity index (χ0v) is 9.19. The molecule has 5 heteroatoms. The van der Waals surface area contributed by atoms with Gasteiger partial charge in [0.05, 0.1) is 12.4 Å². The summed E-state index contributed by atoms with van der Waals surface area (Å²) in [6.45, 7) is 0.711. The van der Waals surface area contributed by atoms with Crippen LogP contribution in [0, 0.1) is 5.82 Å². The first kappa shape index (κ1) is 10.4. The lowest BCUT2D eigenvalue weighted by Crippen LogP contribution is -2.15. The molecule has 0 spiro atoms. The van der Waals surface area contributed by atoms with E-state index in [1.165, 1.54) is 25.1 Å². The number of nitrogens with zero attached hydrogens (tertiary/aromatic N) is 2. The summed E-state index contributed by atoms with van der Waals surface area (Å²) in [4.78, 5) is 3.99. The van der Waals surface area contributed by atoms with Crippen molar-refractivity contribution >= 4 is 0 Å². The van der Waals surface area contributed by atoms with Gasteiger partial charge >= 0.3 is 0 Å². The highest BCUT2D eigenvalue weighted by Gasteiger charge is 2.21. The van der Waals surface area contributed by atoms with Crippen LogP contribution in [0.5, 0.6) is 0 Å². The number of hydrogen-bond donors (Lipinski definition) is 1. The largest absolute Gasteiger partial charge is 0.354 e. The van der Waals surface area contributed by atoms with Crippen molar-refractivity contribution in [2.75, 3.05) is 0 Å². The number of pyridine rings is 1. The third-order valence-electron chi connectivity index (χ3n) is 2.76. The van der Waals surface area contributed by atoms with Crippen molar-refractivity contribution in [3.05, 3.63) is 35.9 Å². The third kappa shape index (κ3) is 2.34. The first-order chi connectivity index (χ1) is 8.33. The van der Waals surface area contributed by atoms with Gasteiger partial charge in [0.25, 0.3) is 0 Å². The molecule has 2 heterocycles. The van der Waals surface area contributed by atoms with Gasteiger partial charge in [-0.1, -0.05) is 5.16 Å². The maximum atomic E-state index is 12.8. The van der Waals surface area contributed by atoms with Crippen molar-refractivity contribution in [2.24, 2.45) is 0 Å². The maximum absolute atomic E-state index is 12.8. The second kappa shape index (κ2) is 4.25. The molecule has 0 saturated heterocycles. The van der Waals surface area contributed by atoms with Gasteiger partial charge in [0, 0.05) is 18.2 Å². The van der Waals surface area contributed by atoms with E-state index in [-0.39, 0.29) is 5.82 Å². The molecule has 2 aromatic heterocycles. The number of rotatable bonds is 4. The molecule has 3 rings (SSSR count). The lowest BCUT2D eigenvalue weighted by Gasteiger charge is -2.01. The van der Waals surface area contributed by atoms with Gasteiger partial charge in [-0.25, -0.2) is 9.37 Å². The van der Waals surface area contributed by atoms with Crippen LogP contribution in [0.15, 0.2) is 29.0 Å². The summed E-state index contributed by atoms with van der Waals surface area (Å²) in [5, 5.41) is 7.15. The van der Waals surface area contributed by atoms with Gasteiger partial charge in [0.1, 0.15) is 11.5 Å². The quantitative estimate of drug-likeness (QED) is 0.878. The van der Waals surface area contributed by atoms with Crippen molar-refractivity contribution < 1.29 is 8.91 Å². The normalized spacial score (nSPS) is 15.1. The van der Waals surface area contributed by atoms with Crippen LogP contribution in [-0.4, -0.2) is 16.2 Å². The van der Waals surface area contributed by atoms with E-state index in [9.17, 15) is 4.39 Å². The molecule has 1 fully saturated rings. The van der Waals surface area contributed by atoms with Crippen LogP contribution < -0.4 is 5.32 Å². The minimum absolute atomic E-state index is 0.356. The van der Waals surface area contributed by atoms with Crippen LogP contribution in [0.3, 0.4) is 0 Å². The lowest BCUT2D eigenvalue weighted by atomic mass is 10.2. The van der Waals surface area contributed by atoms with Crippen molar-refractivity contribution in [2.45, 2.75) is 25.4 Å². The summed E-state index contributed by atoms with van der Waals surface area (Å²) in [5.41, 5.74) is 1.56. The molecule has 1 aliphatic rings. The van der Waals surface area contributed by atoms with E-state index in [0.717, 1.165) is 5.56 Å². The van der Waals surface area contributed by atoms with Gasteiger partial charge in [-0.05, 0) is 25.0 Å². The lowest BCUT2D eigenvalue weighted by molar-refractivity contribution is 0.430. The molecule has 0 bridgehead atoms. The van der Waals surface area contributed by atoms with Gasteiger partial charge in [-0.15, -0.1) is 0 Å². The standard InChI is InChI=1S/C12H12FN3O/c13-9-1-4-11(15-7-9)12-8(6-16-17-12)5-14-10-2-3-10/h1,4,6-7,10,14H,2-3,5H2. The first-order valence-electron chi connectivity index (χ1n) is 5.62. The van der Waals surface area contributed by atoms with Crippen LogP contribution in [0.4, 0.5) is 4.39 Å². The maximum Gasteiger partial charge on any atom is 0.189 e. The minimum atomic E-state index is -0.356. The molecule has 0 aliphatic heterocycles. The van der Waals surface area contributed by atoms with Crippen LogP contribution in [0.25, 0.3) is 11.5 Å². The zero-order chi connectivity index (χ0) is 11.7. The monoisotopic (exact) mass is 233 g/mol. The summed E-state index contributed by atoms with van der Waals surface area (Å²) in [6.07, 6.45) is 5.32. The molecule has 0 unspecified atom stereocenters. The Labute approximate surface area is 97.8 Å². The average molecular weight is 233 g/mol. The van der Waals surface area contributed by atoms with Crippen molar-refractivity contribution in [1.29, 1.82) is 0 Å². The Hall–Kier alpha value is -1.75. The van der Waals surface area contributed by atoms with E-state index in [1.807, 2.05) is 0 Å². The topological polar surface area (TPSA) is 51.0 Å². The number of halogens is 1. The molecule has 0 aromatic carbocycles. The van der Waals surface area contributed by atoms with Crippen LogP contribution in [-0.2, 0) is 6.54 Å². The van der Waals surface area contributed by atoms with Gasteiger partial charge in [-0.3, -0.25) is 0 Å². The van der Waals surface area contributed by atoms with Crippen LogP contribution in [0.2, 0.25) is 0 Å². The molecular weight excluding hydrogens is 221 g/mol. The van der Waals surface area contributed by atoms with Crippen molar-refractivity contribution in [1.82, 2.24) is 15.5 Å². The predicted octanol–water partition coefficient (Wildman–Crippen LogP) is 2.13. The summed E-state index contributed by atoms with van der Waals surface area (Å²) < 4.78 is 17.9. The molecule has 1 N–H and O–H groups in total. The summed E-state index contributed by atoms with van der Waals surface area (Å²) in [6, 6.07) is 3.58. The summed E-state index contributed by atoms with van der Waals surface area (Å²) in [5.74, 6) is 0.254. The highest BCUT2D eigenvalue weighted by molar-refractivity contribution is 5.55. The van der Waals surface area contributed by atoms with Gasteiger partial charge in [-0.2, -0.15) is 0 Å². The van der Waals surface area contributed by atoms with Gasteiger partial charge < -0.3 is 9.84 Å². The molecule has 1 saturated carbocycles. The fraction of sp³-hybridized carbons (Fsp3) is 0.333. The molecule has 0 amide bonds.